The van der Waals surface area contributed by atoms with Gasteiger partial charge in [0.25, 0.3) is 15.9 Å². The first-order valence-corrected chi connectivity index (χ1v) is 11.1. The molecule has 0 saturated heterocycles. The second-order valence-corrected chi connectivity index (χ2v) is 8.34. The fraction of sp³-hybridized carbons (Fsp3) is 0.174. The van der Waals surface area contributed by atoms with Crippen LogP contribution in [0.15, 0.2) is 83.8 Å². The Morgan fingerprint density at radius 3 is 2.23 bits per heavy atom. The second-order valence-electron chi connectivity index (χ2n) is 6.66. The molecule has 0 bridgehead atoms. The molecule has 0 heterocycles. The van der Waals surface area contributed by atoms with Gasteiger partial charge in [-0.25, -0.2) is 8.42 Å². The molecule has 0 saturated carbocycles. The van der Waals surface area contributed by atoms with Gasteiger partial charge in [-0.3, -0.25) is 9.52 Å². The average molecular weight is 425 g/mol. The lowest BCUT2D eigenvalue weighted by Crippen LogP contribution is -2.28. The van der Waals surface area contributed by atoms with E-state index in [4.69, 9.17) is 4.74 Å². The molecule has 0 aliphatic carbocycles. The molecule has 3 rings (SSSR count). The van der Waals surface area contributed by atoms with Crippen molar-refractivity contribution in [1.29, 1.82) is 0 Å². The van der Waals surface area contributed by atoms with Crippen molar-refractivity contribution in [3.63, 3.8) is 0 Å². The van der Waals surface area contributed by atoms with Crippen molar-refractivity contribution >= 4 is 21.6 Å². The number of benzene rings is 3. The molecule has 0 fully saturated rings. The van der Waals surface area contributed by atoms with Crippen molar-refractivity contribution in [2.75, 3.05) is 11.3 Å². The predicted octanol–water partition coefficient (Wildman–Crippen LogP) is 4.38. The minimum absolute atomic E-state index is 0.128. The molecule has 7 heteroatoms. The highest BCUT2D eigenvalue weighted by atomic mass is 32.2. The number of ether oxygens (including phenoxy) is 1. The van der Waals surface area contributed by atoms with E-state index in [-0.39, 0.29) is 28.1 Å². The van der Waals surface area contributed by atoms with Crippen molar-refractivity contribution in [3.05, 3.63) is 90.0 Å². The molecular formula is C23H24N2O4S. The summed E-state index contributed by atoms with van der Waals surface area (Å²) in [5.74, 6) is 0.392. The Bertz CT molecular complexity index is 1100. The Kier molecular flexibility index (Phi) is 6.74. The summed E-state index contributed by atoms with van der Waals surface area (Å²) in [5, 5.41) is 2.92. The maximum atomic E-state index is 12.9. The minimum Gasteiger partial charge on any atom is -0.494 e. The summed E-state index contributed by atoms with van der Waals surface area (Å²) in [6, 6.07) is 21.8. The Morgan fingerprint density at radius 1 is 0.933 bits per heavy atom. The van der Waals surface area contributed by atoms with Gasteiger partial charge in [0.1, 0.15) is 5.75 Å². The van der Waals surface area contributed by atoms with Gasteiger partial charge in [0.05, 0.1) is 28.8 Å². The standard InChI is InChI=1S/C23H24N2O4S/c1-3-29-19-15-13-18(14-16-19)17(2)24-23(26)21-11-7-8-12-22(21)25-30(27,28)20-9-5-4-6-10-20/h4-17,25H,3H2,1-2H3,(H,24,26)/t17-/m1/s1. The number of carbonyl (C=O) groups is 1. The summed E-state index contributed by atoms with van der Waals surface area (Å²) in [6.07, 6.45) is 0. The van der Waals surface area contributed by atoms with Crippen molar-refractivity contribution in [2.24, 2.45) is 0 Å². The van der Waals surface area contributed by atoms with Gasteiger partial charge in [0, 0.05) is 0 Å². The number of anilines is 1. The first-order chi connectivity index (χ1) is 14.4. The van der Waals surface area contributed by atoms with Gasteiger partial charge in [-0.1, -0.05) is 42.5 Å². The third kappa shape index (κ3) is 5.18. The van der Waals surface area contributed by atoms with E-state index in [0.29, 0.717) is 6.61 Å². The Balaban J connectivity index is 1.77. The van der Waals surface area contributed by atoms with Crippen LogP contribution in [0.4, 0.5) is 5.69 Å². The van der Waals surface area contributed by atoms with E-state index in [2.05, 4.69) is 10.0 Å². The SMILES string of the molecule is CCOc1ccc([C@@H](C)NC(=O)c2ccccc2NS(=O)(=O)c2ccccc2)cc1. The number of para-hydroxylation sites is 1. The zero-order valence-electron chi connectivity index (χ0n) is 16.8. The van der Waals surface area contributed by atoms with E-state index >= 15 is 0 Å². The Hall–Kier alpha value is -3.32. The van der Waals surface area contributed by atoms with E-state index in [1.807, 2.05) is 38.1 Å². The van der Waals surface area contributed by atoms with Gasteiger partial charge in [-0.05, 0) is 55.8 Å². The van der Waals surface area contributed by atoms with Crippen LogP contribution in [0.25, 0.3) is 0 Å². The van der Waals surface area contributed by atoms with E-state index < -0.39 is 10.0 Å². The summed E-state index contributed by atoms with van der Waals surface area (Å²) in [6.45, 7) is 4.37. The predicted molar refractivity (Wildman–Crippen MR) is 117 cm³/mol. The molecule has 6 nitrogen and oxygen atoms in total. The van der Waals surface area contributed by atoms with Crippen LogP contribution in [0.3, 0.4) is 0 Å². The fourth-order valence-corrected chi connectivity index (χ4v) is 4.05. The van der Waals surface area contributed by atoms with Crippen LogP contribution in [-0.2, 0) is 10.0 Å². The second kappa shape index (κ2) is 9.45. The normalized spacial score (nSPS) is 12.1. The highest BCUT2D eigenvalue weighted by Crippen LogP contribution is 2.22. The van der Waals surface area contributed by atoms with Gasteiger partial charge in [-0.15, -0.1) is 0 Å². The van der Waals surface area contributed by atoms with Gasteiger partial charge in [0.15, 0.2) is 0 Å². The number of hydrogen-bond acceptors (Lipinski definition) is 4. The molecule has 30 heavy (non-hydrogen) atoms. The maximum absolute atomic E-state index is 12.9. The van der Waals surface area contributed by atoms with Crippen LogP contribution in [0.5, 0.6) is 5.75 Å². The summed E-state index contributed by atoms with van der Waals surface area (Å²) in [5.41, 5.74) is 1.38. The molecule has 0 spiro atoms. The van der Waals surface area contributed by atoms with Crippen LogP contribution in [0.1, 0.15) is 35.8 Å². The number of carbonyl (C=O) groups excluding carboxylic acids is 1. The smallest absolute Gasteiger partial charge is 0.261 e. The highest BCUT2D eigenvalue weighted by molar-refractivity contribution is 7.92. The van der Waals surface area contributed by atoms with Gasteiger partial charge in [0.2, 0.25) is 0 Å². The molecule has 0 aliphatic heterocycles. The molecule has 2 N–H and O–H groups in total. The van der Waals surface area contributed by atoms with E-state index in [9.17, 15) is 13.2 Å². The third-order valence-electron chi connectivity index (χ3n) is 4.51. The zero-order valence-corrected chi connectivity index (χ0v) is 17.6. The minimum atomic E-state index is -3.80. The van der Waals surface area contributed by atoms with Crippen molar-refractivity contribution in [2.45, 2.75) is 24.8 Å². The summed E-state index contributed by atoms with van der Waals surface area (Å²) < 4.78 is 33.3. The van der Waals surface area contributed by atoms with E-state index in [1.54, 1.807) is 42.5 Å². The molecule has 0 radical (unpaired) electrons. The molecule has 0 aliphatic rings. The topological polar surface area (TPSA) is 84.5 Å². The number of sulfonamides is 1. The molecule has 1 amide bonds. The van der Waals surface area contributed by atoms with Gasteiger partial charge >= 0.3 is 0 Å². The zero-order chi connectivity index (χ0) is 21.6. The largest absolute Gasteiger partial charge is 0.494 e. The van der Waals surface area contributed by atoms with Crippen LogP contribution in [0, 0.1) is 0 Å². The molecule has 1 atom stereocenters. The lowest BCUT2D eigenvalue weighted by Gasteiger charge is -2.17. The van der Waals surface area contributed by atoms with E-state index in [1.165, 1.54) is 12.1 Å². The van der Waals surface area contributed by atoms with Crippen LogP contribution >= 0.6 is 0 Å². The van der Waals surface area contributed by atoms with Crippen molar-refractivity contribution in [3.8, 4) is 5.75 Å². The molecular weight excluding hydrogens is 400 g/mol. The first kappa shape index (κ1) is 21.4. The summed E-state index contributed by atoms with van der Waals surface area (Å²) >= 11 is 0. The van der Waals surface area contributed by atoms with Crippen LogP contribution in [0.2, 0.25) is 0 Å². The number of amides is 1. The monoisotopic (exact) mass is 424 g/mol. The van der Waals surface area contributed by atoms with Gasteiger partial charge in [-0.2, -0.15) is 0 Å². The molecule has 156 valence electrons. The van der Waals surface area contributed by atoms with E-state index in [0.717, 1.165) is 11.3 Å². The molecule has 0 aromatic heterocycles. The fourth-order valence-electron chi connectivity index (χ4n) is 2.95. The summed E-state index contributed by atoms with van der Waals surface area (Å²) in [4.78, 5) is 13.0. The Labute approximate surface area is 177 Å². The highest BCUT2D eigenvalue weighted by Gasteiger charge is 2.19. The first-order valence-electron chi connectivity index (χ1n) is 9.61. The average Bonchev–Trinajstić information content (AvgIpc) is 2.75. The number of hydrogen-bond donors (Lipinski definition) is 2. The quantitative estimate of drug-likeness (QED) is 0.562. The molecule has 3 aromatic carbocycles. The van der Waals surface area contributed by atoms with Crippen molar-refractivity contribution in [1.82, 2.24) is 5.32 Å². The summed E-state index contributed by atoms with van der Waals surface area (Å²) in [7, 11) is -3.80. The molecule has 3 aromatic rings. The third-order valence-corrected chi connectivity index (χ3v) is 5.89. The van der Waals surface area contributed by atoms with Crippen LogP contribution < -0.4 is 14.8 Å². The lowest BCUT2D eigenvalue weighted by molar-refractivity contribution is 0.0941. The van der Waals surface area contributed by atoms with Crippen molar-refractivity contribution < 1.29 is 17.9 Å². The Morgan fingerprint density at radius 2 is 1.57 bits per heavy atom. The maximum Gasteiger partial charge on any atom is 0.261 e. The lowest BCUT2D eigenvalue weighted by atomic mass is 10.1. The molecule has 0 unspecified atom stereocenters. The number of nitrogens with one attached hydrogen (secondary N) is 2. The number of rotatable bonds is 8. The van der Waals surface area contributed by atoms with Crippen LogP contribution in [-0.4, -0.2) is 20.9 Å². The van der Waals surface area contributed by atoms with Gasteiger partial charge < -0.3 is 10.1 Å².